The molecule has 2 aromatic heterocycles. The molecule has 0 aliphatic heterocycles. The van der Waals surface area contributed by atoms with Gasteiger partial charge in [0.15, 0.2) is 0 Å². The third kappa shape index (κ3) is 4.07. The van der Waals surface area contributed by atoms with Crippen LogP contribution in [0, 0.1) is 0 Å². The molecule has 2 heterocycles. The van der Waals surface area contributed by atoms with E-state index in [4.69, 9.17) is 5.73 Å². The van der Waals surface area contributed by atoms with E-state index in [1.54, 1.807) is 6.20 Å². The lowest BCUT2D eigenvalue weighted by molar-refractivity contribution is 0.0951. The van der Waals surface area contributed by atoms with Crippen LogP contribution in [-0.4, -0.2) is 32.8 Å². The average Bonchev–Trinajstić information content (AvgIpc) is 3.21. The van der Waals surface area contributed by atoms with Crippen LogP contribution < -0.4 is 11.1 Å². The molecule has 3 rings (SSSR count). The summed E-state index contributed by atoms with van der Waals surface area (Å²) < 4.78 is 0. The van der Waals surface area contributed by atoms with E-state index in [1.807, 2.05) is 0 Å². The normalized spacial score (nSPS) is 15.7. The van der Waals surface area contributed by atoms with Crippen molar-refractivity contribution >= 4 is 22.4 Å². The van der Waals surface area contributed by atoms with Crippen LogP contribution in [0.15, 0.2) is 6.20 Å². The second-order valence-corrected chi connectivity index (χ2v) is 7.02. The van der Waals surface area contributed by atoms with Gasteiger partial charge in [-0.15, -0.1) is 10.2 Å². The van der Waals surface area contributed by atoms with Crippen LogP contribution in [-0.2, 0) is 6.42 Å². The fourth-order valence-corrected chi connectivity index (χ4v) is 3.74. The number of nitrogens with zero attached hydrogens (tertiary/aromatic N) is 3. The molecular formula is C15H22N6OS. The molecule has 2 aromatic rings. The van der Waals surface area contributed by atoms with Crippen molar-refractivity contribution in [2.75, 3.05) is 12.3 Å². The van der Waals surface area contributed by atoms with Crippen molar-refractivity contribution in [3.05, 3.63) is 22.5 Å². The number of nitrogens with two attached hydrogens (primary N) is 1. The zero-order chi connectivity index (χ0) is 16.1. The lowest BCUT2D eigenvalue weighted by Gasteiger charge is -2.21. The van der Waals surface area contributed by atoms with Crippen molar-refractivity contribution in [3.63, 3.8) is 0 Å². The average molecular weight is 334 g/mol. The summed E-state index contributed by atoms with van der Waals surface area (Å²) in [6.07, 6.45) is 9.27. The van der Waals surface area contributed by atoms with Crippen molar-refractivity contribution in [1.82, 2.24) is 25.7 Å². The third-order valence-corrected chi connectivity index (χ3v) is 5.07. The molecule has 0 bridgehead atoms. The summed E-state index contributed by atoms with van der Waals surface area (Å²) in [5.74, 6) is 0.396. The van der Waals surface area contributed by atoms with Crippen LogP contribution in [0.3, 0.4) is 0 Å². The molecule has 124 valence electrons. The fraction of sp³-hybridized carbons (Fsp3) is 0.600. The molecule has 8 heteroatoms. The lowest BCUT2D eigenvalue weighted by atomic mass is 9.85. The predicted octanol–water partition coefficient (Wildman–Crippen LogP) is 2.25. The molecule has 1 fully saturated rings. The molecule has 1 amide bonds. The van der Waals surface area contributed by atoms with Gasteiger partial charge in [0.05, 0.1) is 17.5 Å². The van der Waals surface area contributed by atoms with Gasteiger partial charge in [0, 0.05) is 18.9 Å². The van der Waals surface area contributed by atoms with E-state index in [1.165, 1.54) is 30.6 Å². The smallest absolute Gasteiger partial charge is 0.254 e. The number of hydrogen-bond donors (Lipinski definition) is 3. The maximum absolute atomic E-state index is 12.4. The Bertz CT molecular complexity index is 646. The Kier molecular flexibility index (Phi) is 5.22. The van der Waals surface area contributed by atoms with Gasteiger partial charge in [-0.25, -0.2) is 0 Å². The standard InChI is InChI=1S/C15H22N6OS/c16-15-21-19-12(23-15)7-4-8-17-14(22)11-9-18-20-13(11)10-5-2-1-3-6-10/h9-10H,1-8H2,(H2,16,21)(H,17,22)(H,18,20). The molecule has 1 aliphatic carbocycles. The fourth-order valence-electron chi connectivity index (χ4n) is 3.08. The number of aryl methyl sites for hydroxylation is 1. The Labute approximate surface area is 139 Å². The minimum Gasteiger partial charge on any atom is -0.374 e. The van der Waals surface area contributed by atoms with Gasteiger partial charge < -0.3 is 11.1 Å². The number of anilines is 1. The molecule has 7 nitrogen and oxygen atoms in total. The molecule has 23 heavy (non-hydrogen) atoms. The van der Waals surface area contributed by atoms with Crippen LogP contribution >= 0.6 is 11.3 Å². The zero-order valence-corrected chi connectivity index (χ0v) is 13.9. The highest BCUT2D eigenvalue weighted by Gasteiger charge is 2.23. The van der Waals surface area contributed by atoms with E-state index in [-0.39, 0.29) is 5.91 Å². The number of H-pyrrole nitrogens is 1. The van der Waals surface area contributed by atoms with E-state index >= 15 is 0 Å². The Morgan fingerprint density at radius 1 is 1.35 bits per heavy atom. The van der Waals surface area contributed by atoms with Gasteiger partial charge in [0.1, 0.15) is 5.01 Å². The number of nitrogen functional groups attached to an aromatic ring is 1. The van der Waals surface area contributed by atoms with Gasteiger partial charge in [-0.05, 0) is 19.3 Å². The van der Waals surface area contributed by atoms with Crippen LogP contribution in [0.4, 0.5) is 5.13 Å². The largest absolute Gasteiger partial charge is 0.374 e. The predicted molar refractivity (Wildman–Crippen MR) is 89.4 cm³/mol. The number of carbonyl (C=O) groups is 1. The molecule has 1 aliphatic rings. The van der Waals surface area contributed by atoms with Crippen molar-refractivity contribution in [2.45, 2.75) is 50.9 Å². The highest BCUT2D eigenvalue weighted by atomic mass is 32.1. The molecule has 0 radical (unpaired) electrons. The minimum atomic E-state index is -0.0453. The van der Waals surface area contributed by atoms with E-state index in [9.17, 15) is 4.79 Å². The van der Waals surface area contributed by atoms with E-state index in [0.717, 1.165) is 36.4 Å². The summed E-state index contributed by atoms with van der Waals surface area (Å²) in [7, 11) is 0. The molecule has 1 saturated carbocycles. The first-order chi connectivity index (χ1) is 11.2. The molecular weight excluding hydrogens is 312 g/mol. The molecule has 0 atom stereocenters. The first-order valence-corrected chi connectivity index (χ1v) is 8.95. The Morgan fingerprint density at radius 2 is 2.17 bits per heavy atom. The van der Waals surface area contributed by atoms with Gasteiger partial charge in [0.2, 0.25) is 5.13 Å². The van der Waals surface area contributed by atoms with Crippen molar-refractivity contribution in [1.29, 1.82) is 0 Å². The summed E-state index contributed by atoms with van der Waals surface area (Å²) in [6.45, 7) is 0.605. The maximum atomic E-state index is 12.4. The van der Waals surface area contributed by atoms with Crippen LogP contribution in [0.25, 0.3) is 0 Å². The molecule has 0 unspecified atom stereocenters. The summed E-state index contributed by atoms with van der Waals surface area (Å²) in [5.41, 5.74) is 7.24. The number of hydrogen-bond acceptors (Lipinski definition) is 6. The number of carbonyl (C=O) groups excluding carboxylic acids is 1. The topological polar surface area (TPSA) is 110 Å². The van der Waals surface area contributed by atoms with E-state index < -0.39 is 0 Å². The van der Waals surface area contributed by atoms with E-state index in [0.29, 0.717) is 23.2 Å². The Hall–Kier alpha value is -1.96. The van der Waals surface area contributed by atoms with Crippen molar-refractivity contribution in [3.8, 4) is 0 Å². The zero-order valence-electron chi connectivity index (χ0n) is 13.0. The second-order valence-electron chi connectivity index (χ2n) is 5.93. The summed E-state index contributed by atoms with van der Waals surface area (Å²) in [4.78, 5) is 12.4. The number of aromatic nitrogens is 4. The first-order valence-electron chi connectivity index (χ1n) is 8.13. The van der Waals surface area contributed by atoms with Gasteiger partial charge in [-0.1, -0.05) is 30.6 Å². The van der Waals surface area contributed by atoms with Gasteiger partial charge in [-0.3, -0.25) is 9.89 Å². The summed E-state index contributed by atoms with van der Waals surface area (Å²) in [6, 6.07) is 0. The van der Waals surface area contributed by atoms with Crippen molar-refractivity contribution in [2.24, 2.45) is 0 Å². The highest BCUT2D eigenvalue weighted by Crippen LogP contribution is 2.33. The SMILES string of the molecule is Nc1nnc(CCCNC(=O)c2cn[nH]c2C2CCCCC2)s1. The van der Waals surface area contributed by atoms with Gasteiger partial charge in [-0.2, -0.15) is 5.10 Å². The van der Waals surface area contributed by atoms with Crippen LogP contribution in [0.2, 0.25) is 0 Å². The Morgan fingerprint density at radius 3 is 2.91 bits per heavy atom. The summed E-state index contributed by atoms with van der Waals surface area (Å²) in [5, 5.41) is 19.2. The number of rotatable bonds is 6. The number of aromatic amines is 1. The van der Waals surface area contributed by atoms with E-state index in [2.05, 4.69) is 25.7 Å². The monoisotopic (exact) mass is 334 g/mol. The van der Waals surface area contributed by atoms with Crippen LogP contribution in [0.5, 0.6) is 0 Å². The minimum absolute atomic E-state index is 0.0453. The van der Waals surface area contributed by atoms with Gasteiger partial charge >= 0.3 is 0 Å². The van der Waals surface area contributed by atoms with Gasteiger partial charge in [0.25, 0.3) is 5.91 Å². The highest BCUT2D eigenvalue weighted by molar-refractivity contribution is 7.15. The Balaban J connectivity index is 1.49. The molecule has 0 aromatic carbocycles. The number of amides is 1. The second kappa shape index (κ2) is 7.54. The lowest BCUT2D eigenvalue weighted by Crippen LogP contribution is -2.26. The maximum Gasteiger partial charge on any atom is 0.254 e. The third-order valence-electron chi connectivity index (χ3n) is 4.26. The summed E-state index contributed by atoms with van der Waals surface area (Å²) >= 11 is 1.39. The quantitative estimate of drug-likeness (QED) is 0.702. The molecule has 4 N–H and O–H groups in total. The first kappa shape index (κ1) is 15.9. The molecule has 0 saturated heterocycles. The molecule has 0 spiro atoms. The van der Waals surface area contributed by atoms with Crippen molar-refractivity contribution < 1.29 is 4.79 Å². The number of nitrogens with one attached hydrogen (secondary N) is 2. The van der Waals surface area contributed by atoms with Crippen LogP contribution in [0.1, 0.15) is 65.5 Å².